The van der Waals surface area contributed by atoms with Crippen LogP contribution in [-0.2, 0) is 6.42 Å². The third kappa shape index (κ3) is 3.48. The number of hydrogen-bond donors (Lipinski definition) is 3. The van der Waals surface area contributed by atoms with Crippen LogP contribution in [0.25, 0.3) is 0 Å². The number of hydrazone groups is 1. The molecule has 0 radical (unpaired) electrons. The van der Waals surface area contributed by atoms with Crippen molar-refractivity contribution in [2.45, 2.75) is 6.42 Å². The number of nitrogens with one attached hydrogen (secondary N) is 2. The molecule has 0 bridgehead atoms. The lowest BCUT2D eigenvalue weighted by molar-refractivity contribution is 0.0690. The summed E-state index contributed by atoms with van der Waals surface area (Å²) in [6.45, 7) is 0. The van der Waals surface area contributed by atoms with E-state index in [-0.39, 0.29) is 5.69 Å². The predicted octanol–water partition coefficient (Wildman–Crippen LogP) is 1.41. The molecule has 0 aliphatic heterocycles. The lowest BCUT2D eigenvalue weighted by Crippen LogP contribution is -1.98. The number of hydrogen-bond acceptors (Lipinski definition) is 7. The van der Waals surface area contributed by atoms with Crippen LogP contribution in [0.2, 0.25) is 0 Å². The highest BCUT2D eigenvalue weighted by Crippen LogP contribution is 2.11. The van der Waals surface area contributed by atoms with Crippen LogP contribution >= 0.6 is 0 Å². The van der Waals surface area contributed by atoms with E-state index in [1.807, 2.05) is 0 Å². The lowest BCUT2D eigenvalue weighted by Gasteiger charge is -2.00. The van der Waals surface area contributed by atoms with Gasteiger partial charge in [-0.15, -0.1) is 0 Å². The highest BCUT2D eigenvalue weighted by molar-refractivity contribution is 6.14. The van der Waals surface area contributed by atoms with Gasteiger partial charge >= 0.3 is 5.97 Å². The summed E-state index contributed by atoms with van der Waals surface area (Å²) in [6, 6.07) is 3.50. The third-order valence-corrected chi connectivity index (χ3v) is 2.28. The van der Waals surface area contributed by atoms with Crippen LogP contribution in [0.1, 0.15) is 21.9 Å². The predicted molar refractivity (Wildman–Crippen MR) is 71.4 cm³/mol. The van der Waals surface area contributed by atoms with E-state index >= 15 is 0 Å². The number of oxazole rings is 1. The maximum Gasteiger partial charge on any atom is 0.357 e. The van der Waals surface area contributed by atoms with Crippen LogP contribution in [0.4, 0.5) is 5.82 Å². The second-order valence-corrected chi connectivity index (χ2v) is 3.72. The number of carboxylic acid groups (broad SMARTS) is 1. The van der Waals surface area contributed by atoms with E-state index in [1.165, 1.54) is 6.21 Å². The SMILES string of the molecule is N=C/C=N\Nc1ccc(Cc2nc(C(=O)O)co2)cn1. The number of nitrogens with zero attached hydrogens (tertiary/aromatic N) is 3. The Bertz CT molecular complexity index is 633. The van der Waals surface area contributed by atoms with E-state index in [1.54, 1.807) is 18.3 Å². The quantitative estimate of drug-likeness (QED) is 0.539. The van der Waals surface area contributed by atoms with Crippen LogP contribution in [0.15, 0.2) is 34.1 Å². The normalized spacial score (nSPS) is 10.6. The molecule has 8 nitrogen and oxygen atoms in total. The Hall–Kier alpha value is -3.03. The van der Waals surface area contributed by atoms with Crippen molar-refractivity contribution in [2.75, 3.05) is 5.43 Å². The molecular weight excluding hydrogens is 262 g/mol. The molecule has 0 aliphatic carbocycles. The summed E-state index contributed by atoms with van der Waals surface area (Å²) < 4.78 is 5.06. The molecule has 8 heteroatoms. The molecule has 0 saturated heterocycles. The fraction of sp³-hybridized carbons (Fsp3) is 0.0833. The van der Waals surface area contributed by atoms with Crippen molar-refractivity contribution in [1.82, 2.24) is 9.97 Å². The largest absolute Gasteiger partial charge is 0.476 e. The van der Waals surface area contributed by atoms with Crippen LogP contribution in [-0.4, -0.2) is 33.5 Å². The summed E-state index contributed by atoms with van der Waals surface area (Å²) in [4.78, 5) is 18.6. The Labute approximate surface area is 113 Å². The smallest absolute Gasteiger partial charge is 0.357 e. The van der Waals surface area contributed by atoms with Gasteiger partial charge in [-0.3, -0.25) is 5.43 Å². The second kappa shape index (κ2) is 6.23. The van der Waals surface area contributed by atoms with Gasteiger partial charge in [-0.1, -0.05) is 6.07 Å². The van der Waals surface area contributed by atoms with Gasteiger partial charge in [0.15, 0.2) is 11.6 Å². The van der Waals surface area contributed by atoms with Crippen LogP contribution in [0.5, 0.6) is 0 Å². The topological polar surface area (TPSA) is 124 Å². The minimum absolute atomic E-state index is 0.118. The molecule has 0 atom stereocenters. The molecule has 0 aromatic carbocycles. The van der Waals surface area contributed by atoms with Gasteiger partial charge in [-0.05, 0) is 11.6 Å². The monoisotopic (exact) mass is 273 g/mol. The molecule has 102 valence electrons. The fourth-order valence-corrected chi connectivity index (χ4v) is 1.40. The number of aromatic carboxylic acids is 1. The van der Waals surface area contributed by atoms with Gasteiger partial charge in [0.05, 0.1) is 12.6 Å². The van der Waals surface area contributed by atoms with Gasteiger partial charge in [0.2, 0.25) is 0 Å². The van der Waals surface area contributed by atoms with E-state index in [0.29, 0.717) is 18.1 Å². The van der Waals surface area contributed by atoms with E-state index in [2.05, 4.69) is 20.5 Å². The first-order valence-electron chi connectivity index (χ1n) is 5.60. The molecule has 0 spiro atoms. The zero-order valence-corrected chi connectivity index (χ0v) is 10.3. The number of pyridine rings is 1. The van der Waals surface area contributed by atoms with Gasteiger partial charge in [0, 0.05) is 12.4 Å². The number of carbonyl (C=O) groups is 1. The van der Waals surface area contributed by atoms with E-state index in [4.69, 9.17) is 14.9 Å². The standard InChI is InChI=1S/C12H11N5O3/c13-3-4-15-17-10-2-1-8(6-14-10)5-11-16-9(7-20-11)12(18)19/h1-4,6-7,13H,5H2,(H,14,17)(H,18,19)/b13-3?,15-4-. The first-order chi connectivity index (χ1) is 9.69. The van der Waals surface area contributed by atoms with Crippen LogP contribution in [0.3, 0.4) is 0 Å². The summed E-state index contributed by atoms with van der Waals surface area (Å²) in [5, 5.41) is 19.2. The van der Waals surface area contributed by atoms with Crippen molar-refractivity contribution in [3.8, 4) is 0 Å². The molecule has 0 aliphatic rings. The summed E-state index contributed by atoms with van der Waals surface area (Å²) in [5.74, 6) is -0.279. The number of carboxylic acids is 1. The zero-order chi connectivity index (χ0) is 14.4. The van der Waals surface area contributed by atoms with E-state index in [0.717, 1.165) is 18.0 Å². The minimum atomic E-state index is -1.12. The molecule has 0 saturated carbocycles. The maximum atomic E-state index is 10.7. The summed E-state index contributed by atoms with van der Waals surface area (Å²) in [6.07, 6.45) is 5.39. The molecule has 3 N–H and O–H groups in total. The molecule has 0 unspecified atom stereocenters. The van der Waals surface area contributed by atoms with Crippen LogP contribution in [0, 0.1) is 5.41 Å². The lowest BCUT2D eigenvalue weighted by atomic mass is 10.2. The molecule has 20 heavy (non-hydrogen) atoms. The van der Waals surface area contributed by atoms with E-state index < -0.39 is 5.97 Å². The Morgan fingerprint density at radius 1 is 1.55 bits per heavy atom. The number of anilines is 1. The van der Waals surface area contributed by atoms with Crippen molar-refractivity contribution in [3.63, 3.8) is 0 Å². The van der Waals surface area contributed by atoms with Crippen molar-refractivity contribution >= 4 is 24.2 Å². The Morgan fingerprint density at radius 2 is 2.40 bits per heavy atom. The summed E-state index contributed by atoms with van der Waals surface area (Å²) in [7, 11) is 0. The molecular formula is C12H11N5O3. The first kappa shape index (κ1) is 13.4. The molecule has 2 aromatic heterocycles. The Morgan fingerprint density at radius 3 is 3.00 bits per heavy atom. The summed E-state index contributed by atoms with van der Waals surface area (Å²) >= 11 is 0. The molecule has 0 fully saturated rings. The third-order valence-electron chi connectivity index (χ3n) is 2.28. The van der Waals surface area contributed by atoms with Crippen molar-refractivity contribution in [3.05, 3.63) is 41.7 Å². The zero-order valence-electron chi connectivity index (χ0n) is 10.3. The first-order valence-corrected chi connectivity index (χ1v) is 5.60. The number of aromatic nitrogens is 2. The van der Waals surface area contributed by atoms with Gasteiger partial charge in [-0.2, -0.15) is 5.10 Å². The average Bonchev–Trinajstić information content (AvgIpc) is 2.90. The average molecular weight is 273 g/mol. The van der Waals surface area contributed by atoms with Gasteiger partial charge in [0.25, 0.3) is 0 Å². The van der Waals surface area contributed by atoms with Crippen molar-refractivity contribution < 1.29 is 14.3 Å². The van der Waals surface area contributed by atoms with Gasteiger partial charge in [0.1, 0.15) is 12.1 Å². The van der Waals surface area contributed by atoms with E-state index in [9.17, 15) is 4.79 Å². The second-order valence-electron chi connectivity index (χ2n) is 3.72. The maximum absolute atomic E-state index is 10.7. The Balaban J connectivity index is 2.00. The fourth-order valence-electron chi connectivity index (χ4n) is 1.40. The van der Waals surface area contributed by atoms with Crippen molar-refractivity contribution in [2.24, 2.45) is 5.10 Å². The van der Waals surface area contributed by atoms with Gasteiger partial charge in [-0.25, -0.2) is 14.8 Å². The molecule has 2 heterocycles. The highest BCUT2D eigenvalue weighted by atomic mass is 16.4. The molecule has 0 amide bonds. The molecule has 2 rings (SSSR count). The highest BCUT2D eigenvalue weighted by Gasteiger charge is 2.10. The molecule has 2 aromatic rings. The van der Waals surface area contributed by atoms with Crippen molar-refractivity contribution in [1.29, 1.82) is 5.41 Å². The number of rotatable bonds is 6. The summed E-state index contributed by atoms with van der Waals surface area (Å²) in [5.41, 5.74) is 3.35. The Kier molecular flexibility index (Phi) is 4.17. The van der Waals surface area contributed by atoms with Gasteiger partial charge < -0.3 is 14.9 Å². The minimum Gasteiger partial charge on any atom is -0.476 e. The van der Waals surface area contributed by atoms with Crippen LogP contribution < -0.4 is 5.43 Å².